The number of imidazole rings is 1. The van der Waals surface area contributed by atoms with Crippen LogP contribution >= 0.6 is 0 Å². The van der Waals surface area contributed by atoms with Crippen molar-refractivity contribution in [2.45, 2.75) is 51.5 Å². The van der Waals surface area contributed by atoms with Gasteiger partial charge in [-0.1, -0.05) is 0 Å². The highest BCUT2D eigenvalue weighted by atomic mass is 16.5. The highest BCUT2D eigenvalue weighted by Crippen LogP contribution is 2.38. The van der Waals surface area contributed by atoms with E-state index in [2.05, 4.69) is 46.3 Å². The minimum atomic E-state index is 0.128. The second-order valence-corrected chi connectivity index (χ2v) is 12.0. The minimum absolute atomic E-state index is 0.128. The lowest BCUT2D eigenvalue weighted by atomic mass is 10.1. The molecular weight excluding hydrogens is 546 g/mol. The molecule has 0 unspecified atom stereocenters. The van der Waals surface area contributed by atoms with Gasteiger partial charge in [0.1, 0.15) is 11.3 Å². The number of hydrogen-bond acceptors (Lipinski definition) is 10. The van der Waals surface area contributed by atoms with E-state index >= 15 is 0 Å². The molecule has 5 aromatic rings. The van der Waals surface area contributed by atoms with Crippen LogP contribution in [-0.4, -0.2) is 92.0 Å². The zero-order valence-corrected chi connectivity index (χ0v) is 25.1. The number of morpholine rings is 2. The van der Waals surface area contributed by atoms with E-state index in [4.69, 9.17) is 34.3 Å². The largest absolute Gasteiger partial charge is 0.496 e. The van der Waals surface area contributed by atoms with Gasteiger partial charge in [0.05, 0.1) is 66.6 Å². The average Bonchev–Trinajstić information content (AvgIpc) is 3.80. The maximum Gasteiger partial charge on any atom is 0.206 e. The van der Waals surface area contributed by atoms with Gasteiger partial charge in [-0.3, -0.25) is 9.97 Å². The van der Waals surface area contributed by atoms with Gasteiger partial charge in [0, 0.05) is 56.2 Å². The summed E-state index contributed by atoms with van der Waals surface area (Å²) < 4.78 is 21.7. The molecule has 222 valence electrons. The molecule has 0 aromatic carbocycles. The van der Waals surface area contributed by atoms with Crippen molar-refractivity contribution >= 4 is 33.7 Å². The fraction of sp³-hybridized carbons (Fsp3) is 0.452. The molecule has 8 rings (SSSR count). The van der Waals surface area contributed by atoms with E-state index in [1.54, 1.807) is 19.5 Å². The standard InChI is InChI=1S/C31H35N9O3/c1-17-13-38(14-18(2)43-17)31-36-29-26(37(31)4)10-28(35-30(29)39-15-21-8-20(39)16-42-21)40-25-9-24(34-19(3)22(25)12-33-40)23-11-32-7-6-27(23)41-5/h6-7,9-12,17-18,20-21H,8,13-16H2,1-5H3/t17-,18+,20-,21-/m1/s1. The van der Waals surface area contributed by atoms with Crippen molar-refractivity contribution in [2.24, 2.45) is 7.05 Å². The van der Waals surface area contributed by atoms with Crippen LogP contribution in [-0.2, 0) is 16.5 Å². The van der Waals surface area contributed by atoms with Gasteiger partial charge in [-0.2, -0.15) is 5.10 Å². The zero-order valence-electron chi connectivity index (χ0n) is 25.1. The molecule has 0 N–H and O–H groups in total. The number of anilines is 2. The molecule has 3 aliphatic rings. The van der Waals surface area contributed by atoms with Crippen LogP contribution in [0.15, 0.2) is 36.8 Å². The van der Waals surface area contributed by atoms with Crippen molar-refractivity contribution in [2.75, 3.05) is 43.2 Å². The van der Waals surface area contributed by atoms with Crippen molar-refractivity contribution in [3.05, 3.63) is 42.5 Å². The number of nitrogens with zero attached hydrogens (tertiary/aromatic N) is 9. The van der Waals surface area contributed by atoms with Crippen molar-refractivity contribution in [1.29, 1.82) is 0 Å². The van der Waals surface area contributed by atoms with Gasteiger partial charge in [0.2, 0.25) is 5.95 Å². The molecule has 0 spiro atoms. The number of aryl methyl sites for hydroxylation is 2. The van der Waals surface area contributed by atoms with Crippen molar-refractivity contribution in [3.63, 3.8) is 0 Å². The van der Waals surface area contributed by atoms with E-state index in [0.29, 0.717) is 6.61 Å². The van der Waals surface area contributed by atoms with Gasteiger partial charge < -0.3 is 28.6 Å². The van der Waals surface area contributed by atoms with Crippen molar-refractivity contribution in [1.82, 2.24) is 34.3 Å². The molecule has 43 heavy (non-hydrogen) atoms. The zero-order chi connectivity index (χ0) is 29.4. The molecule has 0 aliphatic carbocycles. The van der Waals surface area contributed by atoms with Crippen LogP contribution in [0.1, 0.15) is 26.0 Å². The van der Waals surface area contributed by atoms with E-state index in [1.165, 1.54) is 0 Å². The highest BCUT2D eigenvalue weighted by molar-refractivity contribution is 5.92. The number of aromatic nitrogens is 7. The number of pyridine rings is 3. The maximum absolute atomic E-state index is 6.02. The van der Waals surface area contributed by atoms with Gasteiger partial charge in [-0.15, -0.1) is 0 Å². The number of fused-ring (bicyclic) bond motifs is 4. The lowest BCUT2D eigenvalue weighted by Crippen LogP contribution is -2.46. The van der Waals surface area contributed by atoms with Gasteiger partial charge in [0.15, 0.2) is 11.6 Å². The molecule has 0 saturated carbocycles. The summed E-state index contributed by atoms with van der Waals surface area (Å²) >= 11 is 0. The Morgan fingerprint density at radius 1 is 1.00 bits per heavy atom. The number of hydrogen-bond donors (Lipinski definition) is 0. The van der Waals surface area contributed by atoms with Crippen LogP contribution in [0.3, 0.4) is 0 Å². The van der Waals surface area contributed by atoms with Crippen LogP contribution in [0.4, 0.5) is 11.8 Å². The predicted octanol–water partition coefficient (Wildman–Crippen LogP) is 3.67. The summed E-state index contributed by atoms with van der Waals surface area (Å²) in [4.78, 5) is 24.4. The summed E-state index contributed by atoms with van der Waals surface area (Å²) in [5, 5.41) is 5.80. The monoisotopic (exact) mass is 581 g/mol. The fourth-order valence-corrected chi connectivity index (χ4v) is 6.99. The normalized spacial score (nSPS) is 23.7. The van der Waals surface area contributed by atoms with Gasteiger partial charge in [0.25, 0.3) is 0 Å². The molecule has 3 fully saturated rings. The summed E-state index contributed by atoms with van der Waals surface area (Å²) in [6.45, 7) is 9.33. The maximum atomic E-state index is 6.02. The van der Waals surface area contributed by atoms with Crippen LogP contribution in [0.25, 0.3) is 39.0 Å². The van der Waals surface area contributed by atoms with E-state index in [0.717, 1.165) is 88.3 Å². The van der Waals surface area contributed by atoms with Crippen molar-refractivity contribution < 1.29 is 14.2 Å². The Morgan fingerprint density at radius 3 is 2.58 bits per heavy atom. The smallest absolute Gasteiger partial charge is 0.206 e. The third-order valence-electron chi connectivity index (χ3n) is 8.94. The Kier molecular flexibility index (Phi) is 6.05. The van der Waals surface area contributed by atoms with Crippen molar-refractivity contribution in [3.8, 4) is 22.8 Å². The Morgan fingerprint density at radius 2 is 1.84 bits per heavy atom. The molecule has 0 amide bonds. The number of methoxy groups -OCH3 is 1. The van der Waals surface area contributed by atoms with Gasteiger partial charge in [-0.25, -0.2) is 14.6 Å². The van der Waals surface area contributed by atoms with Crippen LogP contribution in [0.5, 0.6) is 5.75 Å². The lowest BCUT2D eigenvalue weighted by molar-refractivity contribution is -0.00583. The lowest BCUT2D eigenvalue weighted by Gasteiger charge is -2.35. The third-order valence-corrected chi connectivity index (χ3v) is 8.94. The topological polar surface area (TPSA) is 108 Å². The van der Waals surface area contributed by atoms with Gasteiger partial charge >= 0.3 is 0 Å². The van der Waals surface area contributed by atoms with E-state index in [-0.39, 0.29) is 24.4 Å². The molecule has 12 nitrogen and oxygen atoms in total. The Bertz CT molecular complexity index is 1860. The molecule has 0 radical (unpaired) electrons. The SMILES string of the molecule is COc1ccncc1-c1cc2c(cnn2-c2cc3c(nc(N4C[C@@H](C)O[C@@H](C)C4)n3C)c(N3C[C@H]4C[C@@H]3CO4)n2)c(C)n1. The van der Waals surface area contributed by atoms with E-state index in [1.807, 2.05) is 29.9 Å². The Balaban J connectivity index is 1.31. The quantitative estimate of drug-likeness (QED) is 0.305. The molecule has 3 aliphatic heterocycles. The molecule has 2 bridgehead atoms. The first-order valence-corrected chi connectivity index (χ1v) is 14.9. The van der Waals surface area contributed by atoms with Crippen LogP contribution in [0, 0.1) is 6.92 Å². The molecule has 3 saturated heterocycles. The first kappa shape index (κ1) is 26.3. The van der Waals surface area contributed by atoms with E-state index < -0.39 is 0 Å². The fourth-order valence-electron chi connectivity index (χ4n) is 6.99. The minimum Gasteiger partial charge on any atom is -0.496 e. The summed E-state index contributed by atoms with van der Waals surface area (Å²) in [5.74, 6) is 3.25. The predicted molar refractivity (Wildman–Crippen MR) is 163 cm³/mol. The second-order valence-electron chi connectivity index (χ2n) is 12.0. The third kappa shape index (κ3) is 4.22. The van der Waals surface area contributed by atoms with Gasteiger partial charge in [-0.05, 0) is 39.3 Å². The molecular formula is C31H35N9O3. The van der Waals surface area contributed by atoms with E-state index in [9.17, 15) is 0 Å². The Hall–Kier alpha value is -4.29. The summed E-state index contributed by atoms with van der Waals surface area (Å²) in [6.07, 6.45) is 6.86. The second kappa shape index (κ2) is 9.88. The number of ether oxygens (including phenoxy) is 3. The summed E-state index contributed by atoms with van der Waals surface area (Å²) in [5.41, 5.74) is 5.29. The Labute approximate surface area is 249 Å². The molecule has 5 aromatic heterocycles. The summed E-state index contributed by atoms with van der Waals surface area (Å²) in [6, 6.07) is 6.27. The molecule has 8 heterocycles. The van der Waals surface area contributed by atoms with Crippen LogP contribution in [0.2, 0.25) is 0 Å². The summed E-state index contributed by atoms with van der Waals surface area (Å²) in [7, 11) is 3.75. The molecule has 4 atom stereocenters. The number of rotatable bonds is 5. The average molecular weight is 582 g/mol. The van der Waals surface area contributed by atoms with Crippen LogP contribution < -0.4 is 14.5 Å². The molecule has 12 heteroatoms. The first-order valence-electron chi connectivity index (χ1n) is 14.9. The highest BCUT2D eigenvalue weighted by Gasteiger charge is 2.41. The first-order chi connectivity index (χ1) is 20.9.